The van der Waals surface area contributed by atoms with Crippen LogP contribution in [-0.2, 0) is 6.42 Å². The van der Waals surface area contributed by atoms with Gasteiger partial charge in [-0.25, -0.2) is 0 Å². The Morgan fingerprint density at radius 2 is 1.68 bits per heavy atom. The van der Waals surface area contributed by atoms with Gasteiger partial charge in [0.15, 0.2) is 0 Å². The summed E-state index contributed by atoms with van der Waals surface area (Å²) in [4.78, 5) is 0. The number of benzene rings is 2. The quantitative estimate of drug-likeness (QED) is 0.874. The lowest BCUT2D eigenvalue weighted by Crippen LogP contribution is -2.18. The molecule has 0 radical (unpaired) electrons. The number of hydrogen-bond donors (Lipinski definition) is 1. The minimum atomic E-state index is 0.0954. The summed E-state index contributed by atoms with van der Waals surface area (Å²) in [5.41, 5.74) is 1.21. The molecule has 0 heterocycles. The van der Waals surface area contributed by atoms with Gasteiger partial charge < -0.3 is 9.84 Å². The van der Waals surface area contributed by atoms with Crippen molar-refractivity contribution in [3.63, 3.8) is 0 Å². The van der Waals surface area contributed by atoms with Gasteiger partial charge in [0.05, 0.1) is 6.61 Å². The van der Waals surface area contributed by atoms with Gasteiger partial charge in [-0.3, -0.25) is 0 Å². The molecular weight excluding hydrogens is 260 g/mol. The molecule has 0 aliphatic heterocycles. The normalized spacial score (nSPS) is 12.1. The molecule has 3 heteroatoms. The molecule has 1 N–H and O–H groups in total. The van der Waals surface area contributed by atoms with Gasteiger partial charge in [-0.1, -0.05) is 41.9 Å². The van der Waals surface area contributed by atoms with E-state index in [0.717, 1.165) is 12.2 Å². The van der Waals surface area contributed by atoms with Crippen molar-refractivity contribution in [2.24, 2.45) is 5.92 Å². The van der Waals surface area contributed by atoms with Crippen LogP contribution in [0.3, 0.4) is 0 Å². The van der Waals surface area contributed by atoms with E-state index in [-0.39, 0.29) is 12.5 Å². The Morgan fingerprint density at radius 3 is 2.32 bits per heavy atom. The fourth-order valence-electron chi connectivity index (χ4n) is 1.87. The molecule has 1 unspecified atom stereocenters. The molecule has 19 heavy (non-hydrogen) atoms. The highest BCUT2D eigenvalue weighted by Crippen LogP contribution is 2.17. The van der Waals surface area contributed by atoms with E-state index in [1.54, 1.807) is 12.1 Å². The maximum absolute atomic E-state index is 9.41. The van der Waals surface area contributed by atoms with E-state index in [1.807, 2.05) is 30.3 Å². The predicted octanol–water partition coefficient (Wildman–Crippen LogP) is 3.57. The van der Waals surface area contributed by atoms with Crippen LogP contribution < -0.4 is 4.74 Å². The lowest BCUT2D eigenvalue weighted by atomic mass is 10.0. The number of aliphatic hydroxyl groups is 1. The average molecular weight is 277 g/mol. The van der Waals surface area contributed by atoms with Gasteiger partial charge in [-0.15, -0.1) is 0 Å². The molecule has 2 aromatic rings. The molecule has 2 aromatic carbocycles. The van der Waals surface area contributed by atoms with Crippen LogP contribution in [0.5, 0.6) is 5.75 Å². The SMILES string of the molecule is OCC(COc1ccc(Cl)cc1)Cc1ccccc1. The number of ether oxygens (including phenoxy) is 1. The first-order chi connectivity index (χ1) is 9.28. The number of halogens is 1. The monoisotopic (exact) mass is 276 g/mol. The molecule has 0 fully saturated rings. The van der Waals surface area contributed by atoms with Gasteiger partial charge in [0.1, 0.15) is 5.75 Å². The Kier molecular flexibility index (Phi) is 5.25. The second-order valence-corrected chi connectivity index (χ2v) is 4.94. The highest BCUT2D eigenvalue weighted by Gasteiger charge is 2.09. The van der Waals surface area contributed by atoms with E-state index in [4.69, 9.17) is 16.3 Å². The van der Waals surface area contributed by atoms with Gasteiger partial charge in [0.25, 0.3) is 0 Å². The third-order valence-corrected chi connectivity index (χ3v) is 3.18. The Hall–Kier alpha value is -1.51. The van der Waals surface area contributed by atoms with Crippen LogP contribution >= 0.6 is 11.6 Å². The van der Waals surface area contributed by atoms with Crippen molar-refractivity contribution in [3.8, 4) is 5.75 Å². The van der Waals surface area contributed by atoms with Crippen molar-refractivity contribution in [3.05, 3.63) is 65.2 Å². The van der Waals surface area contributed by atoms with E-state index in [9.17, 15) is 5.11 Å². The lowest BCUT2D eigenvalue weighted by Gasteiger charge is -2.15. The Bertz CT molecular complexity index is 482. The topological polar surface area (TPSA) is 29.5 Å². The molecule has 0 amide bonds. The van der Waals surface area contributed by atoms with Crippen LogP contribution in [0.1, 0.15) is 5.56 Å². The fourth-order valence-corrected chi connectivity index (χ4v) is 1.99. The van der Waals surface area contributed by atoms with Gasteiger partial charge in [0.2, 0.25) is 0 Å². The molecule has 2 nitrogen and oxygen atoms in total. The molecule has 0 aromatic heterocycles. The Labute approximate surface area is 118 Å². The second kappa shape index (κ2) is 7.17. The highest BCUT2D eigenvalue weighted by atomic mass is 35.5. The smallest absolute Gasteiger partial charge is 0.119 e. The maximum Gasteiger partial charge on any atom is 0.119 e. The molecular formula is C16H17ClO2. The first-order valence-corrected chi connectivity index (χ1v) is 6.69. The summed E-state index contributed by atoms with van der Waals surface area (Å²) in [6.07, 6.45) is 0.810. The van der Waals surface area contributed by atoms with Gasteiger partial charge in [-0.2, -0.15) is 0 Å². The summed E-state index contributed by atoms with van der Waals surface area (Å²) >= 11 is 5.81. The first kappa shape index (κ1) is 13.9. The van der Waals surface area contributed by atoms with Crippen molar-refractivity contribution in [1.29, 1.82) is 0 Å². The van der Waals surface area contributed by atoms with Crippen molar-refractivity contribution in [1.82, 2.24) is 0 Å². The Balaban J connectivity index is 1.87. The van der Waals surface area contributed by atoms with Crippen molar-refractivity contribution in [2.45, 2.75) is 6.42 Å². The van der Waals surface area contributed by atoms with Crippen molar-refractivity contribution < 1.29 is 9.84 Å². The van der Waals surface area contributed by atoms with Crippen LogP contribution in [0.15, 0.2) is 54.6 Å². The first-order valence-electron chi connectivity index (χ1n) is 6.31. The summed E-state index contributed by atoms with van der Waals surface area (Å²) < 4.78 is 5.67. The number of aliphatic hydroxyl groups excluding tert-OH is 1. The molecule has 0 spiro atoms. The largest absolute Gasteiger partial charge is 0.493 e. The molecule has 0 aliphatic carbocycles. The number of hydrogen-bond acceptors (Lipinski definition) is 2. The van der Waals surface area contributed by atoms with Gasteiger partial charge in [0, 0.05) is 17.5 Å². The van der Waals surface area contributed by atoms with E-state index in [2.05, 4.69) is 12.1 Å². The summed E-state index contributed by atoms with van der Waals surface area (Å²) in [6, 6.07) is 17.4. The van der Waals surface area contributed by atoms with Crippen LogP contribution in [0.2, 0.25) is 5.02 Å². The van der Waals surface area contributed by atoms with E-state index in [0.29, 0.717) is 11.6 Å². The third kappa shape index (κ3) is 4.58. The number of rotatable bonds is 6. The minimum Gasteiger partial charge on any atom is -0.493 e. The zero-order valence-electron chi connectivity index (χ0n) is 10.6. The van der Waals surface area contributed by atoms with E-state index in [1.165, 1.54) is 5.56 Å². The Morgan fingerprint density at radius 1 is 1.00 bits per heavy atom. The zero-order valence-corrected chi connectivity index (χ0v) is 11.4. The molecule has 0 bridgehead atoms. The lowest BCUT2D eigenvalue weighted by molar-refractivity contribution is 0.162. The van der Waals surface area contributed by atoms with Crippen LogP contribution in [0, 0.1) is 5.92 Å². The molecule has 0 saturated heterocycles. The van der Waals surface area contributed by atoms with Crippen LogP contribution in [-0.4, -0.2) is 18.3 Å². The average Bonchev–Trinajstić information content (AvgIpc) is 2.46. The molecule has 0 aliphatic rings. The van der Waals surface area contributed by atoms with E-state index >= 15 is 0 Å². The zero-order chi connectivity index (χ0) is 13.5. The second-order valence-electron chi connectivity index (χ2n) is 4.50. The maximum atomic E-state index is 9.41. The summed E-state index contributed by atoms with van der Waals surface area (Å²) in [5, 5.41) is 10.1. The van der Waals surface area contributed by atoms with Gasteiger partial charge in [-0.05, 0) is 36.2 Å². The van der Waals surface area contributed by atoms with Crippen molar-refractivity contribution >= 4 is 11.6 Å². The van der Waals surface area contributed by atoms with E-state index < -0.39 is 0 Å². The van der Waals surface area contributed by atoms with Crippen molar-refractivity contribution in [2.75, 3.05) is 13.2 Å². The summed E-state index contributed by atoms with van der Waals surface area (Å²) in [7, 11) is 0. The third-order valence-electron chi connectivity index (χ3n) is 2.92. The molecule has 0 saturated carbocycles. The van der Waals surface area contributed by atoms with Crippen LogP contribution in [0.4, 0.5) is 0 Å². The molecule has 100 valence electrons. The van der Waals surface area contributed by atoms with Crippen LogP contribution in [0.25, 0.3) is 0 Å². The fraction of sp³-hybridized carbons (Fsp3) is 0.250. The predicted molar refractivity (Wildman–Crippen MR) is 77.7 cm³/mol. The highest BCUT2D eigenvalue weighted by molar-refractivity contribution is 6.30. The summed E-state index contributed by atoms with van der Waals surface area (Å²) in [6.45, 7) is 0.607. The minimum absolute atomic E-state index is 0.0954. The standard InChI is InChI=1S/C16H17ClO2/c17-15-6-8-16(9-7-15)19-12-14(11-18)10-13-4-2-1-3-5-13/h1-9,14,18H,10-12H2. The molecule has 1 atom stereocenters. The van der Waals surface area contributed by atoms with Gasteiger partial charge >= 0.3 is 0 Å². The summed E-state index contributed by atoms with van der Waals surface area (Å²) in [5.74, 6) is 0.869. The molecule has 2 rings (SSSR count).